The van der Waals surface area contributed by atoms with Gasteiger partial charge >= 0.3 is 204 Å². The Labute approximate surface area is 311 Å². The average Bonchev–Trinajstić information content (AvgIpc) is 2.90. The second-order valence-electron chi connectivity index (χ2n) is 19.3. The molecule has 0 spiro atoms. The first-order valence-corrected chi connectivity index (χ1v) is 41.4. The van der Waals surface area contributed by atoms with Crippen molar-refractivity contribution in [2.75, 3.05) is 26.2 Å². The van der Waals surface area contributed by atoms with Gasteiger partial charge in [-0.15, -0.1) is 0 Å². The van der Waals surface area contributed by atoms with Gasteiger partial charge in [0.05, 0.1) is 26.2 Å². The van der Waals surface area contributed by atoms with Crippen LogP contribution < -0.4 is 0 Å². The maximum atomic E-state index is 18.0. The first-order chi connectivity index (χ1) is 21.8. The molecule has 3 nitrogen and oxygen atoms in total. The van der Waals surface area contributed by atoms with Crippen LogP contribution in [-0.4, -0.2) is 87.2 Å². The van der Waals surface area contributed by atoms with Crippen LogP contribution in [0.1, 0.15) is 137 Å². The molecule has 0 N–H and O–H groups in total. The zero-order valence-electron chi connectivity index (χ0n) is 36.4. The molecule has 0 saturated carbocycles. The van der Waals surface area contributed by atoms with Gasteiger partial charge in [0.15, 0.2) is 0 Å². The van der Waals surface area contributed by atoms with Gasteiger partial charge in [0.2, 0.25) is 0 Å². The fourth-order valence-corrected chi connectivity index (χ4v) is 86.8. The Kier molecular flexibility index (Phi) is 24.9. The SMILES string of the molecule is CCCCCCCCC[CH2][Sn-]([F])([F])([N]([Si](C)(C)C)[Si](C)(C)C)[N]([Si](C)(C)C)[Si](C)(C)C.CCCC[N+](CCCC)(CCCC)CCCC. The smallest absolute Gasteiger partial charge is 0.0786 e. The van der Waals surface area contributed by atoms with Crippen LogP contribution in [0, 0.1) is 0 Å². The summed E-state index contributed by atoms with van der Waals surface area (Å²) >= 11 is -6.42. The minimum absolute atomic E-state index is 0.194. The Morgan fingerprint density at radius 3 is 0.833 bits per heavy atom. The number of quaternary nitrogens is 1. The molecule has 0 amide bonds. The molecule has 294 valence electrons. The molecule has 0 radical (unpaired) electrons. The second kappa shape index (κ2) is 23.2. The van der Waals surface area contributed by atoms with Crippen molar-refractivity contribution in [3.63, 3.8) is 0 Å². The summed E-state index contributed by atoms with van der Waals surface area (Å²) in [6.07, 6.45) is 20.2. The van der Waals surface area contributed by atoms with E-state index < -0.39 is 51.6 Å². The van der Waals surface area contributed by atoms with E-state index in [1.165, 1.54) is 114 Å². The van der Waals surface area contributed by atoms with Gasteiger partial charge in [-0.25, -0.2) is 0 Å². The van der Waals surface area contributed by atoms with Gasteiger partial charge in [0.25, 0.3) is 0 Å². The molecule has 0 unspecified atom stereocenters. The molecule has 0 aromatic heterocycles. The Bertz CT molecular complexity index is 719. The summed E-state index contributed by atoms with van der Waals surface area (Å²) in [4.78, 5) is 0. The number of halogens is 2. The van der Waals surface area contributed by atoms with E-state index in [1.807, 2.05) is 0 Å². The summed E-state index contributed by atoms with van der Waals surface area (Å²) < 4.78 is 41.7. The van der Waals surface area contributed by atoms with Crippen LogP contribution >= 0.6 is 0 Å². The van der Waals surface area contributed by atoms with Gasteiger partial charge in [0.1, 0.15) is 0 Å². The maximum absolute atomic E-state index is 18.0. The van der Waals surface area contributed by atoms with Gasteiger partial charge in [-0.2, -0.15) is 0 Å². The van der Waals surface area contributed by atoms with Crippen LogP contribution in [0.15, 0.2) is 0 Å². The van der Waals surface area contributed by atoms with Crippen LogP contribution in [-0.2, 0) is 0 Å². The van der Waals surface area contributed by atoms with Gasteiger partial charge in [-0.05, 0) is 25.7 Å². The van der Waals surface area contributed by atoms with Crippen LogP contribution in [0.25, 0.3) is 0 Å². The van der Waals surface area contributed by atoms with E-state index in [4.69, 9.17) is 0 Å². The van der Waals surface area contributed by atoms with Gasteiger partial charge in [0, 0.05) is 0 Å². The van der Waals surface area contributed by atoms with Crippen molar-refractivity contribution in [3.8, 4) is 0 Å². The molecule has 0 bridgehead atoms. The van der Waals surface area contributed by atoms with E-state index >= 15 is 5.73 Å². The Hall–Kier alpha value is 1.41. The summed E-state index contributed by atoms with van der Waals surface area (Å²) in [6, 6.07) is 0. The summed E-state index contributed by atoms with van der Waals surface area (Å²) in [5.74, 6) is 0. The Morgan fingerprint density at radius 1 is 0.375 bits per heavy atom. The van der Waals surface area contributed by atoms with E-state index in [1.54, 1.807) is 0 Å². The molecule has 0 aromatic carbocycles. The molecule has 10 heteroatoms. The fourth-order valence-electron chi connectivity index (χ4n) is 9.09. The minimum Gasteiger partial charge on any atom is -0.324 e. The molecular formula is C38H93F2N3Si4Sn. The van der Waals surface area contributed by atoms with E-state index in [9.17, 15) is 0 Å². The Balaban J connectivity index is 0. The first kappa shape index (κ1) is 51.5. The average molecular weight is 861 g/mol. The molecule has 0 aliphatic carbocycles. The van der Waals surface area contributed by atoms with Gasteiger partial charge in [-0.1, -0.05) is 53.4 Å². The number of hydrogen-bond donors (Lipinski definition) is 0. The number of rotatable bonds is 27. The third kappa shape index (κ3) is 18.9. The molecule has 0 saturated heterocycles. The third-order valence-electron chi connectivity index (χ3n) is 9.92. The summed E-state index contributed by atoms with van der Waals surface area (Å²) in [7, 11) is -8.80. The van der Waals surface area contributed by atoms with Crippen LogP contribution in [0.5, 0.6) is 0 Å². The molecule has 0 heterocycles. The molecule has 0 aliphatic rings. The quantitative estimate of drug-likeness (QED) is 0.0461. The minimum atomic E-state index is -6.42. The summed E-state index contributed by atoms with van der Waals surface area (Å²) in [6.45, 7) is 43.4. The Morgan fingerprint density at radius 2 is 0.604 bits per heavy atom. The van der Waals surface area contributed by atoms with E-state index in [0.29, 0.717) is 6.42 Å². The van der Waals surface area contributed by atoms with E-state index in [-0.39, 0.29) is 4.44 Å². The maximum Gasteiger partial charge on any atom is 0.0786 e. The zero-order chi connectivity index (χ0) is 38.0. The molecular weight excluding hydrogens is 767 g/mol. The summed E-state index contributed by atoms with van der Waals surface area (Å²) in [5.41, 5.74) is 0. The van der Waals surface area contributed by atoms with Crippen molar-refractivity contribution in [2.45, 2.75) is 220 Å². The first-order valence-electron chi connectivity index (χ1n) is 20.9. The fraction of sp³-hybridized carbons (Fsp3) is 1.00. The number of nitrogens with zero attached hydrogens (tertiary/aromatic N) is 3. The van der Waals surface area contributed by atoms with Crippen LogP contribution in [0.3, 0.4) is 0 Å². The number of hydrogen-bond acceptors (Lipinski definition) is 2. The molecule has 0 aliphatic heterocycles. The molecule has 0 atom stereocenters. The molecule has 0 rings (SSSR count). The van der Waals surface area contributed by atoms with Crippen molar-refractivity contribution in [1.82, 2.24) is 4.91 Å². The standard InChI is InChI=1S/C16H36N.C10H21.2C6H18NSi2.2FH.Sn/c1-5-9-13-17(14-10-6-2,15-11-7-3)16-12-8-4;1-3-5-7-9-10-8-6-4-2;2*1-8(2,3)7-9(4,5)6;;;/h5-16H2,1-4H3;1,3-10H2,2H3;2*1-6H3;2*1H;/q+1;;2*-1;;;+3/p-2. The van der Waals surface area contributed by atoms with Crippen molar-refractivity contribution in [1.29, 1.82) is 0 Å². The monoisotopic (exact) mass is 862 g/mol. The van der Waals surface area contributed by atoms with Crippen LogP contribution in [0.2, 0.25) is 83.0 Å². The van der Waals surface area contributed by atoms with Crippen molar-refractivity contribution in [3.05, 3.63) is 0 Å². The van der Waals surface area contributed by atoms with E-state index in [0.717, 1.165) is 12.8 Å². The van der Waals surface area contributed by atoms with Crippen molar-refractivity contribution >= 4 is 51.6 Å². The van der Waals surface area contributed by atoms with Gasteiger partial charge in [-0.3, -0.25) is 0 Å². The van der Waals surface area contributed by atoms with Crippen molar-refractivity contribution in [2.24, 2.45) is 0 Å². The van der Waals surface area contributed by atoms with Crippen molar-refractivity contribution < 1.29 is 10.2 Å². The molecule has 48 heavy (non-hydrogen) atoms. The van der Waals surface area contributed by atoms with Gasteiger partial charge < -0.3 is 4.48 Å². The topological polar surface area (TPSA) is 6.48 Å². The largest absolute Gasteiger partial charge is 0.324 e. The van der Waals surface area contributed by atoms with E-state index in [2.05, 4.69) is 118 Å². The molecule has 0 fully saturated rings. The third-order valence-corrected chi connectivity index (χ3v) is 66.0. The van der Waals surface area contributed by atoms with Crippen LogP contribution in [0.4, 0.5) is 5.73 Å². The predicted octanol–water partition coefficient (Wildman–Crippen LogP) is 14.4. The second-order valence-corrected chi connectivity index (χ2v) is 54.7. The normalized spacial score (nSPS) is 14.6. The zero-order valence-corrected chi connectivity index (χ0v) is 43.3. The molecule has 0 aromatic rings. The predicted molar refractivity (Wildman–Crippen MR) is 232 cm³/mol. The summed E-state index contributed by atoms with van der Waals surface area (Å²) in [5, 5.41) is 0. The number of unbranched alkanes of at least 4 members (excludes halogenated alkanes) is 11.